The number of alkyl halides is 1. The van der Waals surface area contributed by atoms with Crippen molar-refractivity contribution in [3.63, 3.8) is 0 Å². The molecule has 0 aromatic heterocycles. The molecule has 100 valence electrons. The third kappa shape index (κ3) is 3.23. The smallest absolute Gasteiger partial charge is 0.137 e. The Morgan fingerprint density at radius 3 is 2.05 bits per heavy atom. The molecule has 0 aliphatic carbocycles. The van der Waals surface area contributed by atoms with Crippen LogP contribution in [0.1, 0.15) is 16.0 Å². The molecule has 1 unspecified atom stereocenters. The fourth-order valence-electron chi connectivity index (χ4n) is 1.58. The third-order valence-electron chi connectivity index (χ3n) is 2.55. The van der Waals surface area contributed by atoms with E-state index in [4.69, 9.17) is 0 Å². The quantitative estimate of drug-likeness (QED) is 0.376. The molecule has 0 aliphatic heterocycles. The Hall–Kier alpha value is -0.330. The van der Waals surface area contributed by atoms with Crippen LogP contribution in [-0.2, 0) is 0 Å². The van der Waals surface area contributed by atoms with Gasteiger partial charge in [-0.1, -0.05) is 22.0 Å². The van der Waals surface area contributed by atoms with Gasteiger partial charge < -0.3 is 0 Å². The van der Waals surface area contributed by atoms with Crippen LogP contribution >= 0.6 is 47.8 Å². The van der Waals surface area contributed by atoms with Crippen LogP contribution < -0.4 is 0 Å². The molecule has 2 aromatic rings. The van der Waals surface area contributed by atoms with E-state index in [2.05, 4.69) is 47.8 Å². The third-order valence-corrected chi connectivity index (χ3v) is 4.82. The fraction of sp³-hybridized carbons (Fsp3) is 0.0769. The van der Waals surface area contributed by atoms with Crippen molar-refractivity contribution < 1.29 is 13.2 Å². The highest BCUT2D eigenvalue weighted by molar-refractivity contribution is 9.10. The molecule has 6 heteroatoms. The van der Waals surface area contributed by atoms with Gasteiger partial charge in [0.2, 0.25) is 0 Å². The van der Waals surface area contributed by atoms with Gasteiger partial charge in [-0.15, -0.1) is 0 Å². The first-order chi connectivity index (χ1) is 8.90. The summed E-state index contributed by atoms with van der Waals surface area (Å²) in [5.74, 6) is -1.60. The van der Waals surface area contributed by atoms with Gasteiger partial charge in [-0.25, -0.2) is 13.2 Å². The first kappa shape index (κ1) is 15.1. The van der Waals surface area contributed by atoms with E-state index in [0.717, 1.165) is 12.1 Å². The van der Waals surface area contributed by atoms with Crippen molar-refractivity contribution in [2.24, 2.45) is 0 Å². The second kappa shape index (κ2) is 5.97. The van der Waals surface area contributed by atoms with Crippen molar-refractivity contribution in [3.05, 3.63) is 67.9 Å². The lowest BCUT2D eigenvalue weighted by atomic mass is 10.0. The molecule has 2 aromatic carbocycles. The summed E-state index contributed by atoms with van der Waals surface area (Å²) in [5, 5.41) is 0. The number of benzene rings is 2. The summed E-state index contributed by atoms with van der Waals surface area (Å²) in [4.78, 5) is -0.627. The number of hydrogen-bond acceptors (Lipinski definition) is 0. The van der Waals surface area contributed by atoms with E-state index in [1.54, 1.807) is 6.07 Å². The van der Waals surface area contributed by atoms with Crippen molar-refractivity contribution in [2.45, 2.75) is 4.83 Å². The second-order valence-corrected chi connectivity index (χ2v) is 6.45. The summed E-state index contributed by atoms with van der Waals surface area (Å²) in [5.41, 5.74) is 0.615. The van der Waals surface area contributed by atoms with E-state index in [0.29, 0.717) is 10.0 Å². The Morgan fingerprint density at radius 2 is 1.42 bits per heavy atom. The zero-order valence-corrected chi connectivity index (χ0v) is 14.0. The minimum Gasteiger partial charge on any atom is -0.207 e. The average molecular weight is 459 g/mol. The van der Waals surface area contributed by atoms with Gasteiger partial charge in [-0.2, -0.15) is 0 Å². The Morgan fingerprint density at radius 1 is 0.789 bits per heavy atom. The van der Waals surface area contributed by atoms with Crippen molar-refractivity contribution >= 4 is 47.8 Å². The van der Waals surface area contributed by atoms with Crippen LogP contribution in [0.25, 0.3) is 0 Å². The van der Waals surface area contributed by atoms with Crippen molar-refractivity contribution in [2.75, 3.05) is 0 Å². The van der Waals surface area contributed by atoms with Gasteiger partial charge in [0.05, 0.1) is 13.8 Å². The van der Waals surface area contributed by atoms with E-state index in [9.17, 15) is 13.2 Å². The fourth-order valence-corrected chi connectivity index (χ4v) is 2.78. The Labute approximate surface area is 133 Å². The van der Waals surface area contributed by atoms with E-state index in [1.165, 1.54) is 12.1 Å². The molecule has 0 radical (unpaired) electrons. The molecular formula is C13H6Br3F3. The maximum absolute atomic E-state index is 13.8. The minimum absolute atomic E-state index is 0.0513. The molecule has 0 saturated heterocycles. The van der Waals surface area contributed by atoms with Crippen molar-refractivity contribution in [1.82, 2.24) is 0 Å². The maximum atomic E-state index is 13.8. The van der Waals surface area contributed by atoms with Gasteiger partial charge in [0.25, 0.3) is 0 Å². The maximum Gasteiger partial charge on any atom is 0.137 e. The number of rotatable bonds is 2. The highest BCUT2D eigenvalue weighted by Gasteiger charge is 2.18. The number of halogens is 6. The van der Waals surface area contributed by atoms with Gasteiger partial charge in [-0.05, 0) is 61.7 Å². The minimum atomic E-state index is -0.627. The molecule has 0 aliphatic rings. The second-order valence-electron chi connectivity index (χ2n) is 3.82. The zero-order chi connectivity index (χ0) is 14.2. The monoisotopic (exact) mass is 456 g/mol. The topological polar surface area (TPSA) is 0 Å². The molecule has 19 heavy (non-hydrogen) atoms. The summed E-state index contributed by atoms with van der Waals surface area (Å²) in [6.45, 7) is 0. The average Bonchev–Trinajstić information content (AvgIpc) is 2.36. The molecule has 0 heterocycles. The zero-order valence-electron chi connectivity index (χ0n) is 9.23. The van der Waals surface area contributed by atoms with Gasteiger partial charge in [0.15, 0.2) is 0 Å². The summed E-state index contributed by atoms with van der Waals surface area (Å²) >= 11 is 9.21. The highest BCUT2D eigenvalue weighted by atomic mass is 79.9. The van der Waals surface area contributed by atoms with Crippen molar-refractivity contribution in [3.8, 4) is 0 Å². The van der Waals surface area contributed by atoms with Gasteiger partial charge in [0.1, 0.15) is 17.5 Å². The van der Waals surface area contributed by atoms with Crippen LogP contribution in [0.2, 0.25) is 0 Å². The molecule has 0 N–H and O–H groups in total. The summed E-state index contributed by atoms with van der Waals surface area (Å²) < 4.78 is 41.1. The normalized spacial score (nSPS) is 12.5. The molecule has 0 amide bonds. The molecule has 0 saturated carbocycles. The first-order valence-electron chi connectivity index (χ1n) is 5.13. The van der Waals surface area contributed by atoms with Gasteiger partial charge >= 0.3 is 0 Å². The lowest BCUT2D eigenvalue weighted by Crippen LogP contribution is -1.99. The summed E-state index contributed by atoms with van der Waals surface area (Å²) in [6, 6.07) is 6.55. The lowest BCUT2D eigenvalue weighted by molar-refractivity contribution is 0.582. The molecule has 0 nitrogen and oxygen atoms in total. The van der Waals surface area contributed by atoms with Crippen LogP contribution in [0.5, 0.6) is 0 Å². The van der Waals surface area contributed by atoms with Crippen molar-refractivity contribution in [1.29, 1.82) is 0 Å². The predicted molar refractivity (Wildman–Crippen MR) is 78.9 cm³/mol. The van der Waals surface area contributed by atoms with Crippen LogP contribution in [0.3, 0.4) is 0 Å². The van der Waals surface area contributed by atoms with Crippen LogP contribution in [0.4, 0.5) is 13.2 Å². The Kier molecular flexibility index (Phi) is 4.74. The molecule has 1 atom stereocenters. The molecule has 2 rings (SSSR count). The van der Waals surface area contributed by atoms with Gasteiger partial charge in [0, 0.05) is 5.56 Å². The standard InChI is InChI=1S/C13H6Br3F3/c14-8-2-1-6(3-11(8)18)13(16)7-4-12(19)9(15)5-10(7)17/h1-5,13H. The number of hydrogen-bond donors (Lipinski definition) is 0. The molecule has 0 bridgehead atoms. The van der Waals surface area contributed by atoms with Gasteiger partial charge in [-0.3, -0.25) is 0 Å². The summed E-state index contributed by atoms with van der Waals surface area (Å²) in [6.07, 6.45) is 0. The Balaban J connectivity index is 2.46. The van der Waals surface area contributed by atoms with Crippen LogP contribution in [0, 0.1) is 17.5 Å². The predicted octanol–water partition coefficient (Wildman–Crippen LogP) is 6.11. The lowest BCUT2D eigenvalue weighted by Gasteiger charge is -2.13. The van der Waals surface area contributed by atoms with E-state index < -0.39 is 22.3 Å². The van der Waals surface area contributed by atoms with E-state index >= 15 is 0 Å². The molecule has 0 fully saturated rings. The largest absolute Gasteiger partial charge is 0.207 e. The SMILES string of the molecule is Fc1cc(C(Br)c2cc(F)c(Br)cc2F)ccc1Br. The molecular weight excluding hydrogens is 453 g/mol. The van der Waals surface area contributed by atoms with E-state index in [-0.39, 0.29) is 10.0 Å². The Bertz CT molecular complexity index is 629. The molecule has 0 spiro atoms. The summed E-state index contributed by atoms with van der Waals surface area (Å²) in [7, 11) is 0. The van der Waals surface area contributed by atoms with Crippen LogP contribution in [-0.4, -0.2) is 0 Å². The first-order valence-corrected chi connectivity index (χ1v) is 7.63. The highest BCUT2D eigenvalue weighted by Crippen LogP contribution is 2.35. The van der Waals surface area contributed by atoms with Crippen LogP contribution in [0.15, 0.2) is 39.3 Å². The van der Waals surface area contributed by atoms with E-state index in [1.807, 2.05) is 0 Å².